The van der Waals surface area contributed by atoms with E-state index < -0.39 is 0 Å². The summed E-state index contributed by atoms with van der Waals surface area (Å²) >= 11 is 0. The van der Waals surface area contributed by atoms with Crippen LogP contribution in [-0.2, 0) is 9.59 Å². The van der Waals surface area contributed by atoms with Crippen molar-refractivity contribution < 1.29 is 9.59 Å². The summed E-state index contributed by atoms with van der Waals surface area (Å²) in [5.41, 5.74) is 3.02. The molecule has 0 atom stereocenters. The highest BCUT2D eigenvalue weighted by Gasteiger charge is 2.30. The Hall–Kier alpha value is -3.99. The maximum absolute atomic E-state index is 12.2. The minimum Gasteiger partial charge on any atom is -0.371 e. The third kappa shape index (κ3) is 4.48. The summed E-state index contributed by atoms with van der Waals surface area (Å²) in [4.78, 5) is 30.5. The molecule has 3 heterocycles. The first-order valence-corrected chi connectivity index (χ1v) is 11.2. The van der Waals surface area contributed by atoms with Crippen LogP contribution in [0.25, 0.3) is 10.9 Å². The summed E-state index contributed by atoms with van der Waals surface area (Å²) in [5.74, 6) is 7.58. The molecule has 1 aliphatic heterocycles. The molecule has 2 aliphatic rings. The van der Waals surface area contributed by atoms with Crippen LogP contribution in [-0.4, -0.2) is 40.6 Å². The Labute approximate surface area is 191 Å². The number of rotatable bonds is 4. The maximum Gasteiger partial charge on any atom is 0.228 e. The first kappa shape index (κ1) is 20.9. The van der Waals surface area contributed by atoms with Gasteiger partial charge in [-0.05, 0) is 56.0 Å². The predicted octanol–water partition coefficient (Wildman–Crippen LogP) is 3.33. The molecule has 1 saturated carbocycles. The van der Waals surface area contributed by atoms with E-state index in [9.17, 15) is 9.59 Å². The first-order chi connectivity index (χ1) is 16.1. The minimum absolute atomic E-state index is 0.0218. The van der Waals surface area contributed by atoms with Crippen LogP contribution >= 0.6 is 0 Å². The first-order valence-electron chi connectivity index (χ1n) is 11.2. The van der Waals surface area contributed by atoms with E-state index in [0.717, 1.165) is 48.9 Å². The molecule has 3 aromatic rings. The summed E-state index contributed by atoms with van der Waals surface area (Å²) in [6, 6.07) is 9.50. The maximum atomic E-state index is 12.2. The molecular formula is C25H24N6O2. The van der Waals surface area contributed by atoms with Crippen LogP contribution in [0, 0.1) is 17.8 Å². The van der Waals surface area contributed by atoms with E-state index in [1.54, 1.807) is 19.3 Å². The number of fused-ring (bicyclic) bond motifs is 1. The fourth-order valence-corrected chi connectivity index (χ4v) is 3.89. The molecule has 1 saturated heterocycles. The van der Waals surface area contributed by atoms with E-state index in [-0.39, 0.29) is 17.7 Å². The molecule has 2 N–H and O–H groups in total. The third-order valence-electron chi connectivity index (χ3n) is 5.91. The SMILES string of the molecule is CNc1ncc(C#Cc2ccc(N3CCCCC3=O)cc2)c2cc(NC(=O)C3CC3)nnc12. The quantitative estimate of drug-likeness (QED) is 0.604. The summed E-state index contributed by atoms with van der Waals surface area (Å²) < 4.78 is 0. The second-order valence-corrected chi connectivity index (χ2v) is 8.33. The van der Waals surface area contributed by atoms with E-state index in [2.05, 4.69) is 37.7 Å². The molecule has 5 rings (SSSR count). The van der Waals surface area contributed by atoms with Crippen molar-refractivity contribution in [1.29, 1.82) is 0 Å². The predicted molar refractivity (Wildman–Crippen MR) is 127 cm³/mol. The van der Waals surface area contributed by atoms with Crippen LogP contribution in [0.1, 0.15) is 43.2 Å². The highest BCUT2D eigenvalue weighted by atomic mass is 16.2. The van der Waals surface area contributed by atoms with Crippen LogP contribution in [0.3, 0.4) is 0 Å². The van der Waals surface area contributed by atoms with Gasteiger partial charge in [0.05, 0.1) is 5.56 Å². The number of amides is 2. The van der Waals surface area contributed by atoms with Crippen molar-refractivity contribution in [3.63, 3.8) is 0 Å². The zero-order valence-electron chi connectivity index (χ0n) is 18.4. The van der Waals surface area contributed by atoms with Crippen LogP contribution < -0.4 is 15.5 Å². The fourth-order valence-electron chi connectivity index (χ4n) is 3.89. The van der Waals surface area contributed by atoms with Crippen molar-refractivity contribution in [2.75, 3.05) is 29.1 Å². The van der Waals surface area contributed by atoms with Gasteiger partial charge in [0.2, 0.25) is 11.8 Å². The van der Waals surface area contributed by atoms with E-state index in [1.807, 2.05) is 29.2 Å². The van der Waals surface area contributed by atoms with Gasteiger partial charge in [-0.1, -0.05) is 11.8 Å². The van der Waals surface area contributed by atoms with Crippen LogP contribution in [0.15, 0.2) is 36.5 Å². The molecular weight excluding hydrogens is 416 g/mol. The Morgan fingerprint density at radius 3 is 2.67 bits per heavy atom. The molecule has 2 fully saturated rings. The van der Waals surface area contributed by atoms with Gasteiger partial charge in [-0.25, -0.2) is 4.98 Å². The van der Waals surface area contributed by atoms with E-state index in [4.69, 9.17) is 0 Å². The number of hydrogen-bond donors (Lipinski definition) is 2. The molecule has 1 aromatic carbocycles. The van der Waals surface area contributed by atoms with Gasteiger partial charge in [0.15, 0.2) is 11.6 Å². The van der Waals surface area contributed by atoms with Crippen LogP contribution in [0.5, 0.6) is 0 Å². The zero-order chi connectivity index (χ0) is 22.8. The normalized spacial score (nSPS) is 15.7. The molecule has 1 aliphatic carbocycles. The Bertz CT molecular complexity index is 1290. The average Bonchev–Trinajstić information content (AvgIpc) is 3.69. The monoisotopic (exact) mass is 440 g/mol. The highest BCUT2D eigenvalue weighted by molar-refractivity contribution is 5.97. The van der Waals surface area contributed by atoms with Crippen molar-refractivity contribution >= 4 is 40.0 Å². The standard InChI is InChI=1S/C25H24N6O2/c1-26-24-23-20(14-21(29-30-23)28-25(33)17-9-10-17)18(15-27-24)8-5-16-6-11-19(12-7-16)31-13-3-2-4-22(31)32/h6-7,11-12,14-15,17H,2-4,9-10,13H2,1H3,(H,26,27)(H,28,29,33). The Kier molecular flexibility index (Phi) is 5.61. The zero-order valence-corrected chi connectivity index (χ0v) is 18.4. The molecule has 0 spiro atoms. The summed E-state index contributed by atoms with van der Waals surface area (Å²) in [7, 11) is 1.77. The molecule has 0 bridgehead atoms. The number of carbonyl (C=O) groups is 2. The van der Waals surface area contributed by atoms with Gasteiger partial charge < -0.3 is 15.5 Å². The summed E-state index contributed by atoms with van der Waals surface area (Å²) in [6.07, 6.45) is 6.13. The number of aromatic nitrogens is 3. The molecule has 2 amide bonds. The smallest absolute Gasteiger partial charge is 0.228 e. The van der Waals surface area contributed by atoms with Gasteiger partial charge in [-0.3, -0.25) is 9.59 Å². The Morgan fingerprint density at radius 1 is 1.12 bits per heavy atom. The summed E-state index contributed by atoms with van der Waals surface area (Å²) in [5, 5.41) is 15.0. The van der Waals surface area contributed by atoms with Crippen molar-refractivity contribution in [3.8, 4) is 11.8 Å². The summed E-state index contributed by atoms with van der Waals surface area (Å²) in [6.45, 7) is 0.764. The molecule has 8 nitrogen and oxygen atoms in total. The number of carbonyl (C=O) groups excluding carboxylic acids is 2. The lowest BCUT2D eigenvalue weighted by Crippen LogP contribution is -2.35. The van der Waals surface area contributed by atoms with Crippen LogP contribution in [0.4, 0.5) is 17.3 Å². The molecule has 0 radical (unpaired) electrons. The van der Waals surface area contributed by atoms with Crippen molar-refractivity contribution in [1.82, 2.24) is 15.2 Å². The number of benzene rings is 1. The number of nitrogens with one attached hydrogen (secondary N) is 2. The second kappa shape index (κ2) is 8.87. The lowest BCUT2D eigenvalue weighted by molar-refractivity contribution is -0.119. The van der Waals surface area contributed by atoms with Gasteiger partial charge >= 0.3 is 0 Å². The highest BCUT2D eigenvalue weighted by Crippen LogP contribution is 2.30. The topological polar surface area (TPSA) is 100 Å². The van der Waals surface area contributed by atoms with E-state index in [1.165, 1.54) is 0 Å². The van der Waals surface area contributed by atoms with Gasteiger partial charge in [0.25, 0.3) is 0 Å². The largest absolute Gasteiger partial charge is 0.371 e. The van der Waals surface area contributed by atoms with E-state index >= 15 is 0 Å². The molecule has 166 valence electrons. The van der Waals surface area contributed by atoms with Gasteiger partial charge in [-0.15, -0.1) is 10.2 Å². The number of nitrogens with zero attached hydrogens (tertiary/aromatic N) is 4. The minimum atomic E-state index is -0.0218. The lowest BCUT2D eigenvalue weighted by Gasteiger charge is -2.26. The molecule has 0 unspecified atom stereocenters. The average molecular weight is 441 g/mol. The van der Waals surface area contributed by atoms with Crippen LogP contribution in [0.2, 0.25) is 0 Å². The van der Waals surface area contributed by atoms with Crippen molar-refractivity contribution in [2.24, 2.45) is 5.92 Å². The van der Waals surface area contributed by atoms with Gasteiger partial charge in [0.1, 0.15) is 5.52 Å². The second-order valence-electron chi connectivity index (χ2n) is 8.33. The Balaban J connectivity index is 1.43. The van der Waals surface area contributed by atoms with Crippen molar-refractivity contribution in [3.05, 3.63) is 47.7 Å². The third-order valence-corrected chi connectivity index (χ3v) is 5.91. The number of piperidine rings is 1. The number of pyridine rings is 1. The number of anilines is 3. The molecule has 8 heteroatoms. The lowest BCUT2D eigenvalue weighted by atomic mass is 10.1. The van der Waals surface area contributed by atoms with Crippen molar-refractivity contribution in [2.45, 2.75) is 32.1 Å². The molecule has 33 heavy (non-hydrogen) atoms. The molecule has 2 aromatic heterocycles. The number of hydrogen-bond acceptors (Lipinski definition) is 6. The van der Waals surface area contributed by atoms with Gasteiger partial charge in [0, 0.05) is 48.8 Å². The fraction of sp³-hybridized carbons (Fsp3) is 0.320. The van der Waals surface area contributed by atoms with Gasteiger partial charge in [-0.2, -0.15) is 0 Å². The van der Waals surface area contributed by atoms with E-state index in [0.29, 0.717) is 29.1 Å². The Morgan fingerprint density at radius 2 is 1.94 bits per heavy atom.